The summed E-state index contributed by atoms with van der Waals surface area (Å²) >= 11 is 0. The van der Waals surface area contributed by atoms with Gasteiger partial charge in [0, 0.05) is 38.6 Å². The first kappa shape index (κ1) is 16.4. The number of nitrogens with one attached hydrogen (secondary N) is 1. The number of ether oxygens (including phenoxy) is 2. The summed E-state index contributed by atoms with van der Waals surface area (Å²) in [5.74, 6) is -0.202. The Morgan fingerprint density at radius 3 is 3.09 bits per heavy atom. The standard InChI is InChI=1S/C17H22N2O3.CH4/c1-11-6-13-7-12(2-3-15(13)17(20)22-11)16-9-19-5-4-18-8-14(19)10-21-16;/h2-3,7,11,14,16,18H,4-6,8-10H2,1H3;1H4/t11-,14-,16-;/m1./s1. The molecule has 1 aromatic carbocycles. The first-order chi connectivity index (χ1) is 10.7. The Morgan fingerprint density at radius 2 is 2.22 bits per heavy atom. The van der Waals surface area contributed by atoms with Gasteiger partial charge in [-0.2, -0.15) is 0 Å². The van der Waals surface area contributed by atoms with Gasteiger partial charge in [0.1, 0.15) is 6.10 Å². The van der Waals surface area contributed by atoms with E-state index in [0.717, 1.165) is 44.8 Å². The van der Waals surface area contributed by atoms with Crippen LogP contribution in [0.2, 0.25) is 0 Å². The molecule has 0 saturated carbocycles. The maximum Gasteiger partial charge on any atom is 0.338 e. The predicted molar refractivity (Wildman–Crippen MR) is 88.7 cm³/mol. The summed E-state index contributed by atoms with van der Waals surface area (Å²) in [6.07, 6.45) is 0.853. The maximum atomic E-state index is 11.9. The Bertz CT molecular complexity index is 590. The van der Waals surface area contributed by atoms with Gasteiger partial charge >= 0.3 is 5.97 Å². The van der Waals surface area contributed by atoms with E-state index in [-0.39, 0.29) is 25.6 Å². The molecule has 0 aliphatic carbocycles. The minimum Gasteiger partial charge on any atom is -0.459 e. The minimum atomic E-state index is -0.202. The van der Waals surface area contributed by atoms with E-state index in [4.69, 9.17) is 9.47 Å². The van der Waals surface area contributed by atoms with Crippen molar-refractivity contribution in [1.29, 1.82) is 0 Å². The van der Waals surface area contributed by atoms with Crippen molar-refractivity contribution >= 4 is 5.97 Å². The van der Waals surface area contributed by atoms with Gasteiger partial charge in [-0.25, -0.2) is 4.79 Å². The van der Waals surface area contributed by atoms with Crippen LogP contribution in [0.4, 0.5) is 0 Å². The van der Waals surface area contributed by atoms with Gasteiger partial charge in [-0.3, -0.25) is 4.90 Å². The maximum absolute atomic E-state index is 11.9. The van der Waals surface area contributed by atoms with Crippen LogP contribution in [-0.2, 0) is 15.9 Å². The van der Waals surface area contributed by atoms with Crippen molar-refractivity contribution in [3.8, 4) is 0 Å². The fraction of sp³-hybridized carbons (Fsp3) is 0.611. The zero-order valence-corrected chi connectivity index (χ0v) is 12.9. The number of nitrogens with zero attached hydrogens (tertiary/aromatic N) is 1. The number of fused-ring (bicyclic) bond motifs is 2. The zero-order chi connectivity index (χ0) is 15.1. The van der Waals surface area contributed by atoms with Gasteiger partial charge < -0.3 is 14.8 Å². The van der Waals surface area contributed by atoms with Crippen LogP contribution in [0.3, 0.4) is 0 Å². The lowest BCUT2D eigenvalue weighted by Gasteiger charge is -2.42. The zero-order valence-electron chi connectivity index (χ0n) is 12.9. The second-order valence-electron chi connectivity index (χ2n) is 6.51. The molecule has 1 aromatic rings. The van der Waals surface area contributed by atoms with Crippen LogP contribution in [-0.4, -0.2) is 55.8 Å². The van der Waals surface area contributed by atoms with Gasteiger partial charge in [-0.05, 0) is 24.1 Å². The highest BCUT2D eigenvalue weighted by Crippen LogP contribution is 2.29. The molecule has 0 unspecified atom stereocenters. The highest BCUT2D eigenvalue weighted by molar-refractivity contribution is 5.92. The van der Waals surface area contributed by atoms with Crippen LogP contribution in [0.15, 0.2) is 18.2 Å². The van der Waals surface area contributed by atoms with E-state index in [9.17, 15) is 4.79 Å². The third-order valence-corrected chi connectivity index (χ3v) is 4.90. The van der Waals surface area contributed by atoms with Crippen molar-refractivity contribution in [1.82, 2.24) is 10.2 Å². The molecule has 4 rings (SSSR count). The second-order valence-corrected chi connectivity index (χ2v) is 6.51. The Balaban J connectivity index is 0.00000156. The van der Waals surface area contributed by atoms with Crippen molar-refractivity contribution in [2.45, 2.75) is 39.0 Å². The number of hydrogen-bond acceptors (Lipinski definition) is 5. The van der Waals surface area contributed by atoms with Crippen LogP contribution in [0.5, 0.6) is 0 Å². The molecular weight excluding hydrogens is 292 g/mol. The van der Waals surface area contributed by atoms with E-state index in [1.165, 1.54) is 5.56 Å². The summed E-state index contributed by atoms with van der Waals surface area (Å²) in [5, 5.41) is 3.42. The van der Waals surface area contributed by atoms with E-state index in [0.29, 0.717) is 11.6 Å². The van der Waals surface area contributed by atoms with Crippen molar-refractivity contribution in [3.63, 3.8) is 0 Å². The Labute approximate surface area is 137 Å². The fourth-order valence-corrected chi connectivity index (χ4v) is 3.68. The molecule has 3 atom stereocenters. The number of carbonyl (C=O) groups excluding carboxylic acids is 1. The number of piperazine rings is 1. The van der Waals surface area contributed by atoms with E-state index in [2.05, 4.69) is 16.3 Å². The second kappa shape index (κ2) is 6.59. The molecule has 5 nitrogen and oxygen atoms in total. The van der Waals surface area contributed by atoms with Crippen LogP contribution < -0.4 is 5.32 Å². The van der Waals surface area contributed by atoms with Gasteiger partial charge in [0.05, 0.1) is 18.3 Å². The lowest BCUT2D eigenvalue weighted by Crippen LogP contribution is -2.57. The van der Waals surface area contributed by atoms with Crippen LogP contribution in [0, 0.1) is 0 Å². The van der Waals surface area contributed by atoms with Gasteiger partial charge in [-0.15, -0.1) is 0 Å². The smallest absolute Gasteiger partial charge is 0.338 e. The molecule has 126 valence electrons. The number of rotatable bonds is 1. The van der Waals surface area contributed by atoms with Crippen molar-refractivity contribution < 1.29 is 14.3 Å². The number of esters is 1. The molecular formula is C18H26N2O3. The summed E-state index contributed by atoms with van der Waals surface area (Å²) in [5.41, 5.74) is 2.97. The molecule has 2 fully saturated rings. The third-order valence-electron chi connectivity index (χ3n) is 4.90. The van der Waals surface area contributed by atoms with Gasteiger partial charge in [-0.1, -0.05) is 19.6 Å². The normalized spacial score (nSPS) is 30.7. The van der Waals surface area contributed by atoms with Crippen LogP contribution >= 0.6 is 0 Å². The number of cyclic esters (lactones) is 1. The first-order valence-electron chi connectivity index (χ1n) is 8.11. The van der Waals surface area contributed by atoms with Crippen molar-refractivity contribution in [3.05, 3.63) is 34.9 Å². The summed E-state index contributed by atoms with van der Waals surface area (Å²) in [6, 6.07) is 6.55. The average molecular weight is 318 g/mol. The third kappa shape index (κ3) is 3.13. The number of carbonyl (C=O) groups is 1. The Kier molecular flexibility index (Phi) is 4.71. The molecule has 23 heavy (non-hydrogen) atoms. The highest BCUT2D eigenvalue weighted by Gasteiger charge is 2.32. The molecule has 2 saturated heterocycles. The molecule has 5 heteroatoms. The lowest BCUT2D eigenvalue weighted by atomic mass is 9.94. The van der Waals surface area contributed by atoms with E-state index in [1.807, 2.05) is 19.1 Å². The Hall–Kier alpha value is -1.43. The van der Waals surface area contributed by atoms with Crippen LogP contribution in [0.1, 0.15) is 41.9 Å². The molecule has 3 heterocycles. The molecule has 0 aromatic heterocycles. The van der Waals surface area contributed by atoms with Gasteiger partial charge in [0.2, 0.25) is 0 Å². The number of hydrogen-bond donors (Lipinski definition) is 1. The topological polar surface area (TPSA) is 50.8 Å². The lowest BCUT2D eigenvalue weighted by molar-refractivity contribution is -0.0718. The van der Waals surface area contributed by atoms with Gasteiger partial charge in [0.25, 0.3) is 0 Å². The fourth-order valence-electron chi connectivity index (χ4n) is 3.68. The minimum absolute atomic E-state index is 0. The monoisotopic (exact) mass is 318 g/mol. The van der Waals surface area contributed by atoms with E-state index < -0.39 is 0 Å². The summed E-state index contributed by atoms with van der Waals surface area (Å²) < 4.78 is 11.4. The predicted octanol–water partition coefficient (Wildman–Crippen LogP) is 1.77. The summed E-state index contributed by atoms with van der Waals surface area (Å²) in [6.45, 7) is 6.80. The van der Waals surface area contributed by atoms with Crippen molar-refractivity contribution in [2.75, 3.05) is 32.8 Å². The molecule has 0 amide bonds. The first-order valence-corrected chi connectivity index (χ1v) is 8.11. The summed E-state index contributed by atoms with van der Waals surface area (Å²) in [7, 11) is 0. The molecule has 0 bridgehead atoms. The summed E-state index contributed by atoms with van der Waals surface area (Å²) in [4.78, 5) is 14.4. The molecule has 3 aliphatic rings. The average Bonchev–Trinajstić information content (AvgIpc) is 2.53. The molecule has 0 spiro atoms. The number of benzene rings is 1. The quantitative estimate of drug-likeness (QED) is 0.800. The largest absolute Gasteiger partial charge is 0.459 e. The molecule has 3 aliphatic heterocycles. The van der Waals surface area contributed by atoms with Gasteiger partial charge in [0.15, 0.2) is 0 Å². The van der Waals surface area contributed by atoms with E-state index in [1.54, 1.807) is 0 Å². The van der Waals surface area contributed by atoms with Crippen molar-refractivity contribution in [2.24, 2.45) is 0 Å². The highest BCUT2D eigenvalue weighted by atomic mass is 16.5. The van der Waals surface area contributed by atoms with E-state index >= 15 is 0 Å². The van der Waals surface area contributed by atoms with Crippen LogP contribution in [0.25, 0.3) is 0 Å². The molecule has 0 radical (unpaired) electrons. The number of morpholine rings is 1. The Morgan fingerprint density at radius 1 is 1.35 bits per heavy atom. The SMILES string of the molecule is C.C[C@@H]1Cc2cc([C@H]3CN4CCNC[C@@H]4CO3)ccc2C(=O)O1. The molecule has 1 N–H and O–H groups in total.